The van der Waals surface area contributed by atoms with Gasteiger partial charge in [-0.1, -0.05) is 31.2 Å². The van der Waals surface area contributed by atoms with Gasteiger partial charge in [0.1, 0.15) is 6.10 Å². The lowest BCUT2D eigenvalue weighted by atomic mass is 10.0. The molecule has 0 radical (unpaired) electrons. The Morgan fingerprint density at radius 1 is 1.37 bits per heavy atom. The second kappa shape index (κ2) is 10.9. The average molecular weight is 375 g/mol. The van der Waals surface area contributed by atoms with Gasteiger partial charge in [0.05, 0.1) is 19.7 Å². The highest BCUT2D eigenvalue weighted by Crippen LogP contribution is 2.24. The van der Waals surface area contributed by atoms with Crippen molar-refractivity contribution in [2.24, 2.45) is 4.99 Å². The minimum Gasteiger partial charge on any atom is -0.370 e. The molecule has 0 aromatic heterocycles. The Kier molecular flexibility index (Phi) is 8.58. The molecule has 150 valence electrons. The van der Waals surface area contributed by atoms with Crippen LogP contribution in [-0.4, -0.2) is 55.6 Å². The summed E-state index contributed by atoms with van der Waals surface area (Å²) in [6.45, 7) is 11.8. The van der Waals surface area contributed by atoms with Crippen LogP contribution in [0.1, 0.15) is 50.8 Å². The number of rotatable bonds is 7. The third-order valence-electron chi connectivity index (χ3n) is 4.86. The van der Waals surface area contributed by atoms with E-state index in [2.05, 4.69) is 65.6 Å². The van der Waals surface area contributed by atoms with E-state index < -0.39 is 0 Å². The molecular formula is C21H34N4O2. The smallest absolute Gasteiger partial charge is 0.222 e. The average Bonchev–Trinajstić information content (AvgIpc) is 2.67. The molecule has 1 aliphatic heterocycles. The number of nitrogens with one attached hydrogen (secondary N) is 2. The highest BCUT2D eigenvalue weighted by molar-refractivity contribution is 5.81. The summed E-state index contributed by atoms with van der Waals surface area (Å²) in [5, 5.41) is 6.34. The van der Waals surface area contributed by atoms with Crippen LogP contribution >= 0.6 is 0 Å². The number of morpholine rings is 1. The van der Waals surface area contributed by atoms with Crippen LogP contribution in [0.3, 0.4) is 0 Å². The van der Waals surface area contributed by atoms with Gasteiger partial charge in [-0.15, -0.1) is 0 Å². The van der Waals surface area contributed by atoms with Crippen LogP contribution in [0.4, 0.5) is 0 Å². The second-order valence-corrected chi connectivity index (χ2v) is 7.02. The first-order chi connectivity index (χ1) is 13.0. The molecule has 1 aliphatic rings. The van der Waals surface area contributed by atoms with Crippen molar-refractivity contribution in [1.29, 1.82) is 0 Å². The zero-order valence-electron chi connectivity index (χ0n) is 17.1. The minimum absolute atomic E-state index is 0.0394. The molecular weight excluding hydrogens is 340 g/mol. The summed E-state index contributed by atoms with van der Waals surface area (Å²) in [5.41, 5.74) is 2.47. The zero-order valence-corrected chi connectivity index (χ0v) is 17.1. The van der Waals surface area contributed by atoms with E-state index in [1.54, 1.807) is 0 Å². The van der Waals surface area contributed by atoms with E-state index in [0.717, 1.165) is 32.0 Å². The van der Waals surface area contributed by atoms with Crippen molar-refractivity contribution < 1.29 is 9.53 Å². The van der Waals surface area contributed by atoms with Gasteiger partial charge in [-0.2, -0.15) is 0 Å². The molecule has 1 aromatic rings. The van der Waals surface area contributed by atoms with Crippen molar-refractivity contribution in [3.63, 3.8) is 0 Å². The standard InChI is InChI=1S/C21H34N4O2/c1-5-17(4)24-20(26)11-12-23-21(22-6-2)25-13-14-27-19(15-25)18-10-8-7-9-16(18)3/h7-10,17,19H,5-6,11-15H2,1-4H3,(H,22,23)(H,24,26). The molecule has 0 aliphatic carbocycles. The van der Waals surface area contributed by atoms with Gasteiger partial charge in [-0.05, 0) is 38.3 Å². The Morgan fingerprint density at radius 2 is 2.15 bits per heavy atom. The fraction of sp³-hybridized carbons (Fsp3) is 0.619. The van der Waals surface area contributed by atoms with E-state index >= 15 is 0 Å². The largest absolute Gasteiger partial charge is 0.370 e. The predicted molar refractivity (Wildman–Crippen MR) is 110 cm³/mol. The lowest BCUT2D eigenvalue weighted by molar-refractivity contribution is -0.121. The third kappa shape index (κ3) is 6.54. The number of nitrogens with zero attached hydrogens (tertiary/aromatic N) is 2. The summed E-state index contributed by atoms with van der Waals surface area (Å²) in [5.74, 6) is 0.916. The molecule has 1 saturated heterocycles. The van der Waals surface area contributed by atoms with Crippen LogP contribution < -0.4 is 10.6 Å². The molecule has 6 nitrogen and oxygen atoms in total. The first-order valence-electron chi connectivity index (χ1n) is 10.0. The molecule has 6 heteroatoms. The van der Waals surface area contributed by atoms with Crippen molar-refractivity contribution in [2.45, 2.75) is 52.7 Å². The maximum Gasteiger partial charge on any atom is 0.222 e. The lowest BCUT2D eigenvalue weighted by Crippen LogP contribution is -2.48. The van der Waals surface area contributed by atoms with E-state index in [4.69, 9.17) is 4.74 Å². The van der Waals surface area contributed by atoms with Crippen molar-refractivity contribution in [1.82, 2.24) is 15.5 Å². The molecule has 1 amide bonds. The minimum atomic E-state index is 0.0394. The number of hydrogen-bond donors (Lipinski definition) is 2. The van der Waals surface area contributed by atoms with Crippen LogP contribution in [0.5, 0.6) is 0 Å². The first kappa shape index (κ1) is 21.2. The van der Waals surface area contributed by atoms with E-state index in [-0.39, 0.29) is 18.1 Å². The van der Waals surface area contributed by atoms with Crippen molar-refractivity contribution in [2.75, 3.05) is 32.8 Å². The quantitative estimate of drug-likeness (QED) is 0.569. The zero-order chi connectivity index (χ0) is 19.6. The van der Waals surface area contributed by atoms with Crippen molar-refractivity contribution >= 4 is 11.9 Å². The monoisotopic (exact) mass is 374 g/mol. The van der Waals surface area contributed by atoms with Gasteiger partial charge in [0.2, 0.25) is 5.91 Å². The predicted octanol–water partition coefficient (Wildman–Crippen LogP) is 2.64. The number of guanidine groups is 1. The number of carbonyl (C=O) groups excluding carboxylic acids is 1. The fourth-order valence-electron chi connectivity index (χ4n) is 3.12. The van der Waals surface area contributed by atoms with Gasteiger partial charge in [0.25, 0.3) is 0 Å². The Morgan fingerprint density at radius 3 is 2.85 bits per heavy atom. The summed E-state index contributed by atoms with van der Waals surface area (Å²) in [6, 6.07) is 8.57. The summed E-state index contributed by atoms with van der Waals surface area (Å²) >= 11 is 0. The number of amides is 1. The van der Waals surface area contributed by atoms with Crippen LogP contribution in [0.25, 0.3) is 0 Å². The second-order valence-electron chi connectivity index (χ2n) is 7.02. The molecule has 2 rings (SSSR count). The number of hydrogen-bond acceptors (Lipinski definition) is 3. The number of benzene rings is 1. The van der Waals surface area contributed by atoms with Crippen molar-refractivity contribution in [3.8, 4) is 0 Å². The SMILES string of the molecule is CCNC(=NCCC(=O)NC(C)CC)N1CCOC(c2ccccc2C)C1. The number of aryl methyl sites for hydroxylation is 1. The van der Waals surface area contributed by atoms with E-state index in [1.807, 2.05) is 6.92 Å². The molecule has 2 unspecified atom stereocenters. The first-order valence-corrected chi connectivity index (χ1v) is 10.0. The highest BCUT2D eigenvalue weighted by atomic mass is 16.5. The van der Waals surface area contributed by atoms with Gasteiger partial charge in [0, 0.05) is 25.6 Å². The molecule has 2 atom stereocenters. The van der Waals surface area contributed by atoms with Crippen LogP contribution in [0.15, 0.2) is 29.3 Å². The summed E-state index contributed by atoms with van der Waals surface area (Å²) in [4.78, 5) is 18.9. The van der Waals surface area contributed by atoms with Gasteiger partial charge < -0.3 is 20.3 Å². The highest BCUT2D eigenvalue weighted by Gasteiger charge is 2.25. The molecule has 0 saturated carbocycles. The van der Waals surface area contributed by atoms with E-state index in [0.29, 0.717) is 19.6 Å². The number of ether oxygens (including phenoxy) is 1. The summed E-state index contributed by atoms with van der Waals surface area (Å²) < 4.78 is 6.01. The van der Waals surface area contributed by atoms with E-state index in [9.17, 15) is 4.79 Å². The van der Waals surface area contributed by atoms with Crippen molar-refractivity contribution in [3.05, 3.63) is 35.4 Å². The number of aliphatic imine (C=N–C) groups is 1. The lowest BCUT2D eigenvalue weighted by Gasteiger charge is -2.35. The molecule has 0 spiro atoms. The number of carbonyl (C=O) groups is 1. The van der Waals surface area contributed by atoms with Gasteiger partial charge in [-0.25, -0.2) is 0 Å². The Bertz CT molecular complexity index is 632. The Labute approximate surface area is 163 Å². The molecule has 1 aromatic carbocycles. The third-order valence-corrected chi connectivity index (χ3v) is 4.86. The molecule has 1 fully saturated rings. The molecule has 2 N–H and O–H groups in total. The summed E-state index contributed by atoms with van der Waals surface area (Å²) in [7, 11) is 0. The van der Waals surface area contributed by atoms with Gasteiger partial charge in [-0.3, -0.25) is 9.79 Å². The molecule has 27 heavy (non-hydrogen) atoms. The van der Waals surface area contributed by atoms with Crippen LogP contribution in [0, 0.1) is 6.92 Å². The maximum absolute atomic E-state index is 12.0. The normalized spacial score (nSPS) is 18.9. The summed E-state index contributed by atoms with van der Waals surface area (Å²) in [6.07, 6.45) is 1.38. The van der Waals surface area contributed by atoms with Gasteiger partial charge in [0.15, 0.2) is 5.96 Å². The molecule has 1 heterocycles. The Hall–Kier alpha value is -2.08. The van der Waals surface area contributed by atoms with E-state index in [1.165, 1.54) is 11.1 Å². The maximum atomic E-state index is 12.0. The fourth-order valence-corrected chi connectivity index (χ4v) is 3.12. The van der Waals surface area contributed by atoms with Crippen LogP contribution in [0.2, 0.25) is 0 Å². The van der Waals surface area contributed by atoms with Gasteiger partial charge >= 0.3 is 0 Å². The van der Waals surface area contributed by atoms with Crippen LogP contribution in [-0.2, 0) is 9.53 Å². The Balaban J connectivity index is 1.98. The topological polar surface area (TPSA) is 66.0 Å². The molecule has 0 bridgehead atoms.